The quantitative estimate of drug-likeness (QED) is 0.665. The molecule has 2 aliphatic heterocycles. The summed E-state index contributed by atoms with van der Waals surface area (Å²) in [6.45, 7) is 5.04. The predicted octanol–water partition coefficient (Wildman–Crippen LogP) is 4.76. The molecule has 4 rings (SSSR count). The first kappa shape index (κ1) is 21.6. The number of piperidine rings is 1. The number of carbonyl (C=O) groups excluding carboxylic acids is 1. The molecule has 5 nitrogen and oxygen atoms in total. The Bertz CT molecular complexity index is 785. The average molecular weight is 448 g/mol. The van der Waals surface area contributed by atoms with Gasteiger partial charge < -0.3 is 15.0 Å². The van der Waals surface area contributed by atoms with E-state index in [1.165, 1.54) is 10.4 Å². The van der Waals surface area contributed by atoms with Crippen molar-refractivity contribution in [1.82, 2.24) is 15.1 Å². The van der Waals surface area contributed by atoms with Gasteiger partial charge in [0.1, 0.15) is 0 Å². The van der Waals surface area contributed by atoms with Crippen molar-refractivity contribution >= 4 is 29.0 Å². The standard InChI is InChI=1S/C23H30ClN3O2S/c24-19-7-5-18(6-8-19)15-26-11-9-20(10-12-26)25-23(28)27(16-21-3-1-13-29-21)17-22-4-2-14-30-22/h2,4-8,14,20-21H,1,3,9-13,15-17H2,(H,25,28). The molecule has 2 aliphatic rings. The zero-order chi connectivity index (χ0) is 20.8. The molecule has 2 amide bonds. The summed E-state index contributed by atoms with van der Waals surface area (Å²) in [6, 6.07) is 12.5. The summed E-state index contributed by atoms with van der Waals surface area (Å²) in [5, 5.41) is 6.13. The van der Waals surface area contributed by atoms with Gasteiger partial charge in [-0.3, -0.25) is 4.90 Å². The Morgan fingerprint density at radius 1 is 1.20 bits per heavy atom. The number of hydrogen-bond acceptors (Lipinski definition) is 4. The smallest absolute Gasteiger partial charge is 0.318 e. The number of urea groups is 1. The topological polar surface area (TPSA) is 44.8 Å². The molecule has 0 saturated carbocycles. The lowest BCUT2D eigenvalue weighted by Gasteiger charge is -2.34. The number of nitrogens with zero attached hydrogens (tertiary/aromatic N) is 2. The number of carbonyl (C=O) groups is 1. The largest absolute Gasteiger partial charge is 0.376 e. The first-order valence-electron chi connectivity index (χ1n) is 10.8. The molecular weight excluding hydrogens is 418 g/mol. The molecule has 1 atom stereocenters. The number of thiophene rings is 1. The molecule has 1 unspecified atom stereocenters. The van der Waals surface area contributed by atoms with Crippen molar-refractivity contribution in [3.8, 4) is 0 Å². The molecular formula is C23H30ClN3O2S. The van der Waals surface area contributed by atoms with E-state index in [2.05, 4.69) is 33.8 Å². The normalized spacial score (nSPS) is 20.4. The zero-order valence-electron chi connectivity index (χ0n) is 17.3. The van der Waals surface area contributed by atoms with Crippen LogP contribution >= 0.6 is 22.9 Å². The van der Waals surface area contributed by atoms with Crippen LogP contribution in [-0.2, 0) is 17.8 Å². The van der Waals surface area contributed by atoms with Gasteiger partial charge in [-0.1, -0.05) is 29.8 Å². The van der Waals surface area contributed by atoms with Crippen molar-refractivity contribution in [3.05, 3.63) is 57.2 Å². The first-order valence-corrected chi connectivity index (χ1v) is 12.1. The average Bonchev–Trinajstić information content (AvgIpc) is 3.45. The van der Waals surface area contributed by atoms with E-state index < -0.39 is 0 Å². The van der Waals surface area contributed by atoms with Gasteiger partial charge in [-0.15, -0.1) is 11.3 Å². The number of nitrogens with one attached hydrogen (secondary N) is 1. The van der Waals surface area contributed by atoms with Gasteiger partial charge in [-0.2, -0.15) is 0 Å². The number of rotatable bonds is 7. The lowest BCUT2D eigenvalue weighted by atomic mass is 10.0. The highest BCUT2D eigenvalue weighted by molar-refractivity contribution is 7.09. The molecule has 7 heteroatoms. The number of amides is 2. The molecule has 0 aliphatic carbocycles. The van der Waals surface area contributed by atoms with Gasteiger partial charge in [0.25, 0.3) is 0 Å². The molecule has 1 N–H and O–H groups in total. The lowest BCUT2D eigenvalue weighted by molar-refractivity contribution is 0.0782. The van der Waals surface area contributed by atoms with E-state index >= 15 is 0 Å². The van der Waals surface area contributed by atoms with Crippen molar-refractivity contribution < 1.29 is 9.53 Å². The summed E-state index contributed by atoms with van der Waals surface area (Å²) < 4.78 is 5.79. The maximum Gasteiger partial charge on any atom is 0.318 e. The van der Waals surface area contributed by atoms with E-state index in [1.807, 2.05) is 23.1 Å². The molecule has 2 fully saturated rings. The number of likely N-dealkylation sites (tertiary alicyclic amines) is 1. The first-order chi connectivity index (χ1) is 14.7. The Morgan fingerprint density at radius 2 is 2.00 bits per heavy atom. The van der Waals surface area contributed by atoms with E-state index in [0.717, 1.165) is 56.9 Å². The van der Waals surface area contributed by atoms with Crippen LogP contribution in [0.5, 0.6) is 0 Å². The minimum atomic E-state index is 0.0371. The number of ether oxygens (including phenoxy) is 1. The van der Waals surface area contributed by atoms with Gasteiger partial charge in [0.2, 0.25) is 0 Å². The van der Waals surface area contributed by atoms with E-state index in [1.54, 1.807) is 11.3 Å². The molecule has 162 valence electrons. The van der Waals surface area contributed by atoms with E-state index in [4.69, 9.17) is 16.3 Å². The van der Waals surface area contributed by atoms with Crippen molar-refractivity contribution in [1.29, 1.82) is 0 Å². The second kappa shape index (κ2) is 10.6. The van der Waals surface area contributed by atoms with Gasteiger partial charge in [0.05, 0.1) is 12.6 Å². The summed E-state index contributed by atoms with van der Waals surface area (Å²) in [4.78, 5) is 18.7. The molecule has 0 bridgehead atoms. The Morgan fingerprint density at radius 3 is 2.67 bits per heavy atom. The van der Waals surface area contributed by atoms with E-state index in [0.29, 0.717) is 13.1 Å². The maximum absolute atomic E-state index is 13.1. The summed E-state index contributed by atoms with van der Waals surface area (Å²) in [7, 11) is 0. The maximum atomic E-state index is 13.1. The second-order valence-electron chi connectivity index (χ2n) is 8.22. The molecule has 30 heavy (non-hydrogen) atoms. The van der Waals surface area contributed by atoms with Crippen LogP contribution in [0.2, 0.25) is 5.02 Å². The molecule has 1 aromatic carbocycles. The molecule has 3 heterocycles. The number of benzene rings is 1. The summed E-state index contributed by atoms with van der Waals surface area (Å²) >= 11 is 7.68. The van der Waals surface area contributed by atoms with Crippen LogP contribution in [0, 0.1) is 0 Å². The van der Waals surface area contributed by atoms with Crippen molar-refractivity contribution in [2.75, 3.05) is 26.2 Å². The Kier molecular flexibility index (Phi) is 7.66. The van der Waals surface area contributed by atoms with Gasteiger partial charge in [0, 0.05) is 48.7 Å². The third-order valence-electron chi connectivity index (χ3n) is 5.90. The van der Waals surface area contributed by atoms with Crippen LogP contribution in [0.15, 0.2) is 41.8 Å². The Labute approximate surface area is 188 Å². The van der Waals surface area contributed by atoms with Crippen LogP contribution in [0.3, 0.4) is 0 Å². The Hall–Kier alpha value is -1.60. The molecule has 2 aromatic rings. The van der Waals surface area contributed by atoms with Gasteiger partial charge >= 0.3 is 6.03 Å². The van der Waals surface area contributed by atoms with E-state index in [9.17, 15) is 4.79 Å². The zero-order valence-corrected chi connectivity index (χ0v) is 18.8. The van der Waals surface area contributed by atoms with Crippen LogP contribution < -0.4 is 5.32 Å². The Balaban J connectivity index is 1.27. The fraction of sp³-hybridized carbons (Fsp3) is 0.522. The van der Waals surface area contributed by atoms with Crippen LogP contribution in [0.4, 0.5) is 4.79 Å². The van der Waals surface area contributed by atoms with Gasteiger partial charge in [-0.05, 0) is 54.8 Å². The lowest BCUT2D eigenvalue weighted by Crippen LogP contribution is -2.50. The second-order valence-corrected chi connectivity index (χ2v) is 9.69. The minimum absolute atomic E-state index is 0.0371. The highest BCUT2D eigenvalue weighted by Gasteiger charge is 2.26. The number of halogens is 1. The van der Waals surface area contributed by atoms with Crippen molar-refractivity contribution in [3.63, 3.8) is 0 Å². The summed E-state index contributed by atoms with van der Waals surface area (Å²) in [5.41, 5.74) is 1.28. The highest BCUT2D eigenvalue weighted by atomic mass is 35.5. The molecule has 0 spiro atoms. The predicted molar refractivity (Wildman–Crippen MR) is 122 cm³/mol. The summed E-state index contributed by atoms with van der Waals surface area (Å²) in [6.07, 6.45) is 4.25. The van der Waals surface area contributed by atoms with Crippen LogP contribution in [-0.4, -0.2) is 54.2 Å². The highest BCUT2D eigenvalue weighted by Crippen LogP contribution is 2.19. The SMILES string of the molecule is O=C(NC1CCN(Cc2ccc(Cl)cc2)CC1)N(Cc1cccs1)CC1CCCO1. The summed E-state index contributed by atoms with van der Waals surface area (Å²) in [5.74, 6) is 0. The van der Waals surface area contributed by atoms with Crippen molar-refractivity contribution in [2.45, 2.75) is 50.9 Å². The van der Waals surface area contributed by atoms with Crippen LogP contribution in [0.1, 0.15) is 36.1 Å². The van der Waals surface area contributed by atoms with Crippen molar-refractivity contribution in [2.24, 2.45) is 0 Å². The molecule has 0 radical (unpaired) electrons. The van der Waals surface area contributed by atoms with Crippen LogP contribution in [0.25, 0.3) is 0 Å². The number of hydrogen-bond donors (Lipinski definition) is 1. The van der Waals surface area contributed by atoms with E-state index in [-0.39, 0.29) is 18.2 Å². The fourth-order valence-electron chi connectivity index (χ4n) is 4.19. The molecule has 2 saturated heterocycles. The monoisotopic (exact) mass is 447 g/mol. The van der Waals surface area contributed by atoms with Gasteiger partial charge in [0.15, 0.2) is 0 Å². The van der Waals surface area contributed by atoms with Gasteiger partial charge in [-0.25, -0.2) is 4.79 Å². The molecule has 1 aromatic heterocycles. The minimum Gasteiger partial charge on any atom is -0.376 e. The third kappa shape index (κ3) is 6.20. The third-order valence-corrected chi connectivity index (χ3v) is 7.01. The fourth-order valence-corrected chi connectivity index (χ4v) is 5.04.